The third kappa shape index (κ3) is 7.29. The fourth-order valence-electron chi connectivity index (χ4n) is 2.22. The van der Waals surface area contributed by atoms with Gasteiger partial charge < -0.3 is 9.73 Å². The van der Waals surface area contributed by atoms with Crippen LogP contribution in [0.4, 0.5) is 5.69 Å². The molecule has 0 aliphatic heterocycles. The number of thioether (sulfide) groups is 1. The van der Waals surface area contributed by atoms with Crippen molar-refractivity contribution >= 4 is 56.6 Å². The molecule has 10 heteroatoms. The van der Waals surface area contributed by atoms with Gasteiger partial charge in [0.15, 0.2) is 0 Å². The second kappa shape index (κ2) is 10.3. The molecule has 1 aromatic heterocycles. The third-order valence-electron chi connectivity index (χ3n) is 3.48. The zero-order valence-corrected chi connectivity index (χ0v) is 17.8. The number of carbonyl (C=O) groups excluding carboxylic acids is 1. The lowest BCUT2D eigenvalue weighted by Crippen LogP contribution is -2.40. The standard InChI is InChI=1S/C17H20Cl2N2O4S2/c1-27(23,24)21(16-6-5-13(18)10-15(16)19)11-17(22)20-7-3-9-26-12-14-4-2-8-25-14/h2,4-6,8,10H,3,7,9,11-12H2,1H3,(H,20,22). The number of nitrogens with zero attached hydrogens (tertiary/aromatic N) is 1. The van der Waals surface area contributed by atoms with E-state index in [1.807, 2.05) is 12.1 Å². The molecule has 6 nitrogen and oxygen atoms in total. The van der Waals surface area contributed by atoms with Gasteiger partial charge in [0, 0.05) is 11.6 Å². The maximum Gasteiger partial charge on any atom is 0.240 e. The van der Waals surface area contributed by atoms with Crippen molar-refractivity contribution in [3.63, 3.8) is 0 Å². The molecule has 27 heavy (non-hydrogen) atoms. The van der Waals surface area contributed by atoms with Crippen molar-refractivity contribution in [1.82, 2.24) is 5.32 Å². The van der Waals surface area contributed by atoms with Crippen LogP contribution in [-0.2, 0) is 20.6 Å². The van der Waals surface area contributed by atoms with Crippen LogP contribution in [-0.4, -0.2) is 39.4 Å². The summed E-state index contributed by atoms with van der Waals surface area (Å²) < 4.78 is 30.4. The Balaban J connectivity index is 1.82. The van der Waals surface area contributed by atoms with Crippen LogP contribution in [0.25, 0.3) is 0 Å². The minimum absolute atomic E-state index is 0.162. The SMILES string of the molecule is CS(=O)(=O)N(CC(=O)NCCCSCc1ccco1)c1ccc(Cl)cc1Cl. The molecule has 0 spiro atoms. The van der Waals surface area contributed by atoms with Crippen LogP contribution in [0.15, 0.2) is 41.0 Å². The number of anilines is 1. The fraction of sp³-hybridized carbons (Fsp3) is 0.353. The third-order valence-corrected chi connectivity index (χ3v) is 6.21. The van der Waals surface area contributed by atoms with Crippen molar-refractivity contribution in [2.24, 2.45) is 0 Å². The van der Waals surface area contributed by atoms with Crippen molar-refractivity contribution < 1.29 is 17.6 Å². The summed E-state index contributed by atoms with van der Waals surface area (Å²) >= 11 is 13.6. The Bertz CT molecular complexity index is 858. The summed E-state index contributed by atoms with van der Waals surface area (Å²) in [6.45, 7) is 0.107. The summed E-state index contributed by atoms with van der Waals surface area (Å²) in [5, 5.41) is 3.27. The number of hydrogen-bond acceptors (Lipinski definition) is 5. The number of hydrogen-bond donors (Lipinski definition) is 1. The van der Waals surface area contributed by atoms with Crippen LogP contribution in [0, 0.1) is 0 Å². The van der Waals surface area contributed by atoms with Crippen molar-refractivity contribution in [3.05, 3.63) is 52.4 Å². The van der Waals surface area contributed by atoms with Gasteiger partial charge in [-0.15, -0.1) is 0 Å². The molecule has 2 aromatic rings. The summed E-state index contributed by atoms with van der Waals surface area (Å²) in [7, 11) is -3.68. The van der Waals surface area contributed by atoms with Gasteiger partial charge in [0.25, 0.3) is 0 Å². The monoisotopic (exact) mass is 450 g/mol. The Hall–Kier alpha value is -1.35. The lowest BCUT2D eigenvalue weighted by molar-refractivity contribution is -0.119. The number of amides is 1. The molecule has 1 N–H and O–H groups in total. The molecular formula is C17H20Cl2N2O4S2. The van der Waals surface area contributed by atoms with Gasteiger partial charge in [-0.1, -0.05) is 23.2 Å². The van der Waals surface area contributed by atoms with E-state index in [-0.39, 0.29) is 17.3 Å². The topological polar surface area (TPSA) is 79.6 Å². The Morgan fingerprint density at radius 3 is 2.70 bits per heavy atom. The normalized spacial score (nSPS) is 11.4. The van der Waals surface area contributed by atoms with Crippen LogP contribution in [0.5, 0.6) is 0 Å². The molecular weight excluding hydrogens is 431 g/mol. The zero-order chi connectivity index (χ0) is 19.9. The highest BCUT2D eigenvalue weighted by Crippen LogP contribution is 2.30. The Kier molecular flexibility index (Phi) is 8.34. The van der Waals surface area contributed by atoms with Gasteiger partial charge in [0.2, 0.25) is 15.9 Å². The predicted molar refractivity (Wildman–Crippen MR) is 111 cm³/mol. The number of carbonyl (C=O) groups is 1. The summed E-state index contributed by atoms with van der Waals surface area (Å²) in [6.07, 6.45) is 3.42. The highest BCUT2D eigenvalue weighted by molar-refractivity contribution is 7.98. The molecule has 0 saturated carbocycles. The van der Waals surface area contributed by atoms with E-state index in [9.17, 15) is 13.2 Å². The number of rotatable bonds is 10. The van der Waals surface area contributed by atoms with E-state index in [0.717, 1.165) is 34.2 Å². The molecule has 1 heterocycles. The summed E-state index contributed by atoms with van der Waals surface area (Å²) in [5.74, 6) is 2.13. The highest BCUT2D eigenvalue weighted by Gasteiger charge is 2.23. The molecule has 1 amide bonds. The van der Waals surface area contributed by atoms with Gasteiger partial charge in [0.1, 0.15) is 12.3 Å². The minimum Gasteiger partial charge on any atom is -0.468 e. The quantitative estimate of drug-likeness (QED) is 0.556. The fourth-order valence-corrected chi connectivity index (χ4v) is 4.51. The number of benzene rings is 1. The summed E-state index contributed by atoms with van der Waals surface area (Å²) in [5.41, 5.74) is 0.215. The first-order chi connectivity index (χ1) is 12.8. The average molecular weight is 451 g/mol. The Labute approximate surface area is 173 Å². The van der Waals surface area contributed by atoms with E-state index >= 15 is 0 Å². The molecule has 0 aliphatic carbocycles. The number of sulfonamides is 1. The molecule has 0 fully saturated rings. The van der Waals surface area contributed by atoms with E-state index in [0.29, 0.717) is 11.6 Å². The maximum absolute atomic E-state index is 12.2. The summed E-state index contributed by atoms with van der Waals surface area (Å²) in [4.78, 5) is 12.2. The molecule has 148 valence electrons. The van der Waals surface area contributed by atoms with Crippen molar-refractivity contribution in [3.8, 4) is 0 Å². The van der Waals surface area contributed by atoms with Gasteiger partial charge in [-0.05, 0) is 42.5 Å². The number of nitrogens with one attached hydrogen (secondary N) is 1. The molecule has 0 unspecified atom stereocenters. The summed E-state index contributed by atoms with van der Waals surface area (Å²) in [6, 6.07) is 8.19. The predicted octanol–water partition coefficient (Wildman–Crippen LogP) is 3.79. The zero-order valence-electron chi connectivity index (χ0n) is 14.7. The first-order valence-electron chi connectivity index (χ1n) is 8.07. The van der Waals surface area contributed by atoms with Crippen LogP contribution in [0.2, 0.25) is 10.0 Å². The highest BCUT2D eigenvalue weighted by atomic mass is 35.5. The van der Waals surface area contributed by atoms with Gasteiger partial charge in [0.05, 0.1) is 29.0 Å². The molecule has 2 rings (SSSR count). The van der Waals surface area contributed by atoms with Crippen molar-refractivity contribution in [2.45, 2.75) is 12.2 Å². The number of furan rings is 1. The van der Waals surface area contributed by atoms with Crippen LogP contribution in [0.1, 0.15) is 12.2 Å². The Morgan fingerprint density at radius 1 is 1.30 bits per heavy atom. The van der Waals surface area contributed by atoms with E-state index in [1.165, 1.54) is 18.2 Å². The van der Waals surface area contributed by atoms with Crippen molar-refractivity contribution in [2.75, 3.05) is 29.4 Å². The Morgan fingerprint density at radius 2 is 2.07 bits per heavy atom. The molecule has 0 atom stereocenters. The van der Waals surface area contributed by atoms with E-state index < -0.39 is 15.9 Å². The smallest absolute Gasteiger partial charge is 0.240 e. The van der Waals surface area contributed by atoms with Crippen LogP contribution >= 0.6 is 35.0 Å². The van der Waals surface area contributed by atoms with E-state index in [4.69, 9.17) is 27.6 Å². The molecule has 0 saturated heterocycles. The van der Waals surface area contributed by atoms with Crippen molar-refractivity contribution in [1.29, 1.82) is 0 Å². The number of halogens is 2. The van der Waals surface area contributed by atoms with Crippen LogP contribution in [0.3, 0.4) is 0 Å². The van der Waals surface area contributed by atoms with E-state index in [2.05, 4.69) is 5.32 Å². The maximum atomic E-state index is 12.2. The second-order valence-corrected chi connectivity index (χ2v) is 9.56. The molecule has 0 radical (unpaired) electrons. The first kappa shape index (κ1) is 21.9. The average Bonchev–Trinajstić information content (AvgIpc) is 3.09. The van der Waals surface area contributed by atoms with Gasteiger partial charge in [-0.2, -0.15) is 11.8 Å². The van der Waals surface area contributed by atoms with Gasteiger partial charge in [-0.25, -0.2) is 8.42 Å². The van der Waals surface area contributed by atoms with Crippen LogP contribution < -0.4 is 9.62 Å². The molecule has 0 bridgehead atoms. The lowest BCUT2D eigenvalue weighted by atomic mass is 10.3. The molecule has 0 aliphatic rings. The first-order valence-corrected chi connectivity index (χ1v) is 11.8. The van der Waals surface area contributed by atoms with Gasteiger partial charge >= 0.3 is 0 Å². The molecule has 1 aromatic carbocycles. The largest absolute Gasteiger partial charge is 0.468 e. The minimum atomic E-state index is -3.68. The van der Waals surface area contributed by atoms with E-state index in [1.54, 1.807) is 18.0 Å². The lowest BCUT2D eigenvalue weighted by Gasteiger charge is -2.23. The van der Waals surface area contributed by atoms with Gasteiger partial charge in [-0.3, -0.25) is 9.10 Å². The second-order valence-electron chi connectivity index (χ2n) is 5.70.